The quantitative estimate of drug-likeness (QED) is 0.632. The van der Waals surface area contributed by atoms with E-state index in [2.05, 4.69) is 5.32 Å². The molecule has 0 aromatic rings. The highest BCUT2D eigenvalue weighted by Crippen LogP contribution is 2.09. The highest BCUT2D eigenvalue weighted by atomic mass is 16.5. The van der Waals surface area contributed by atoms with Crippen LogP contribution in [0, 0.1) is 0 Å². The zero-order chi connectivity index (χ0) is 12.8. The van der Waals surface area contributed by atoms with Crippen molar-refractivity contribution >= 4 is 11.8 Å². The maximum absolute atomic E-state index is 11.7. The third kappa shape index (κ3) is 3.98. The van der Waals surface area contributed by atoms with Crippen molar-refractivity contribution in [1.82, 2.24) is 10.2 Å². The van der Waals surface area contributed by atoms with Crippen LogP contribution in [0.15, 0.2) is 0 Å². The predicted octanol–water partition coefficient (Wildman–Crippen LogP) is -0.913. The van der Waals surface area contributed by atoms with Gasteiger partial charge in [-0.3, -0.25) is 9.59 Å². The minimum absolute atomic E-state index is 0.0286. The average molecular weight is 243 g/mol. The molecule has 1 saturated heterocycles. The van der Waals surface area contributed by atoms with Crippen molar-refractivity contribution in [3.8, 4) is 0 Å². The summed E-state index contributed by atoms with van der Waals surface area (Å²) in [5.41, 5.74) is 5.48. The first kappa shape index (κ1) is 13.9. The van der Waals surface area contributed by atoms with E-state index in [1.807, 2.05) is 6.92 Å². The van der Waals surface area contributed by atoms with E-state index in [1.54, 1.807) is 11.9 Å². The Bertz CT molecular complexity index is 283. The number of nitrogens with two attached hydrogens (primary N) is 1. The molecule has 2 atom stereocenters. The summed E-state index contributed by atoms with van der Waals surface area (Å²) in [6, 6.07) is -0.382. The number of carbonyl (C=O) groups excluding carboxylic acids is 2. The van der Waals surface area contributed by atoms with E-state index >= 15 is 0 Å². The maximum atomic E-state index is 11.7. The number of hydrogen-bond donors (Lipinski definition) is 2. The minimum atomic E-state index is -0.382. The number of ether oxygens (including phenoxy) is 1. The third-order valence-electron chi connectivity index (χ3n) is 2.84. The van der Waals surface area contributed by atoms with Gasteiger partial charge in [0.15, 0.2) is 0 Å². The SMILES string of the molecule is CCOC(CN)CC(=O)NC1CCN(C)C1=O. The second-order valence-electron chi connectivity index (χ2n) is 4.19. The van der Waals surface area contributed by atoms with Gasteiger partial charge in [0.2, 0.25) is 11.8 Å². The molecule has 17 heavy (non-hydrogen) atoms. The summed E-state index contributed by atoms with van der Waals surface area (Å²) in [6.45, 7) is 3.38. The first-order valence-electron chi connectivity index (χ1n) is 5.94. The van der Waals surface area contributed by atoms with Crippen molar-refractivity contribution in [1.29, 1.82) is 0 Å². The standard InChI is InChI=1S/C11H21N3O3/c1-3-17-8(7-12)6-10(15)13-9-4-5-14(2)11(9)16/h8-9H,3-7,12H2,1-2H3,(H,13,15). The lowest BCUT2D eigenvalue weighted by Gasteiger charge is -2.16. The molecule has 0 radical (unpaired) electrons. The highest BCUT2D eigenvalue weighted by molar-refractivity contribution is 5.89. The number of carbonyl (C=O) groups is 2. The molecule has 1 heterocycles. The van der Waals surface area contributed by atoms with Crippen molar-refractivity contribution in [2.24, 2.45) is 5.73 Å². The van der Waals surface area contributed by atoms with Crippen LogP contribution in [0.1, 0.15) is 19.8 Å². The number of nitrogens with zero attached hydrogens (tertiary/aromatic N) is 1. The normalized spacial score (nSPS) is 21.7. The lowest BCUT2D eigenvalue weighted by Crippen LogP contribution is -2.42. The van der Waals surface area contributed by atoms with Gasteiger partial charge < -0.3 is 20.7 Å². The summed E-state index contributed by atoms with van der Waals surface area (Å²) in [5, 5.41) is 2.72. The number of likely N-dealkylation sites (N-methyl/N-ethyl adjacent to an activating group) is 1. The molecule has 1 aliphatic heterocycles. The van der Waals surface area contributed by atoms with E-state index in [1.165, 1.54) is 0 Å². The molecule has 2 unspecified atom stereocenters. The monoisotopic (exact) mass is 243 g/mol. The van der Waals surface area contributed by atoms with Crippen molar-refractivity contribution in [3.63, 3.8) is 0 Å². The fourth-order valence-electron chi connectivity index (χ4n) is 1.86. The van der Waals surface area contributed by atoms with E-state index < -0.39 is 0 Å². The first-order valence-corrected chi connectivity index (χ1v) is 5.94. The molecule has 98 valence electrons. The highest BCUT2D eigenvalue weighted by Gasteiger charge is 2.30. The summed E-state index contributed by atoms with van der Waals surface area (Å²) in [7, 11) is 1.73. The Morgan fingerprint density at radius 3 is 2.88 bits per heavy atom. The Balaban J connectivity index is 2.36. The fourth-order valence-corrected chi connectivity index (χ4v) is 1.86. The van der Waals surface area contributed by atoms with Crippen molar-refractivity contribution in [3.05, 3.63) is 0 Å². The van der Waals surface area contributed by atoms with Gasteiger partial charge in [-0.2, -0.15) is 0 Å². The molecule has 1 fully saturated rings. The largest absolute Gasteiger partial charge is 0.377 e. The molecular formula is C11H21N3O3. The summed E-state index contributed by atoms with van der Waals surface area (Å²) in [5.74, 6) is -0.207. The number of hydrogen-bond acceptors (Lipinski definition) is 4. The molecule has 0 bridgehead atoms. The van der Waals surface area contributed by atoms with Gasteiger partial charge in [-0.25, -0.2) is 0 Å². The topological polar surface area (TPSA) is 84.7 Å². The van der Waals surface area contributed by atoms with Crippen molar-refractivity contribution in [2.75, 3.05) is 26.7 Å². The van der Waals surface area contributed by atoms with E-state index in [0.29, 0.717) is 26.1 Å². The third-order valence-corrected chi connectivity index (χ3v) is 2.84. The second kappa shape index (κ2) is 6.56. The van der Waals surface area contributed by atoms with Gasteiger partial charge >= 0.3 is 0 Å². The van der Waals surface area contributed by atoms with E-state index in [-0.39, 0.29) is 30.4 Å². The smallest absolute Gasteiger partial charge is 0.244 e. The number of likely N-dealkylation sites (tertiary alicyclic amines) is 1. The van der Waals surface area contributed by atoms with E-state index in [9.17, 15) is 9.59 Å². The Morgan fingerprint density at radius 2 is 2.41 bits per heavy atom. The van der Waals surface area contributed by atoms with Crippen LogP contribution in [0.4, 0.5) is 0 Å². The van der Waals surface area contributed by atoms with Gasteiger partial charge in [0.25, 0.3) is 0 Å². The average Bonchev–Trinajstić information content (AvgIpc) is 2.60. The number of nitrogens with one attached hydrogen (secondary N) is 1. The summed E-state index contributed by atoms with van der Waals surface area (Å²) in [4.78, 5) is 24.9. The van der Waals surface area contributed by atoms with E-state index in [4.69, 9.17) is 10.5 Å². The Labute approximate surface area is 101 Å². The number of amides is 2. The van der Waals surface area contributed by atoms with Crippen LogP contribution in [0.25, 0.3) is 0 Å². The zero-order valence-corrected chi connectivity index (χ0v) is 10.4. The molecular weight excluding hydrogens is 222 g/mol. The lowest BCUT2D eigenvalue weighted by atomic mass is 10.2. The Morgan fingerprint density at radius 1 is 1.71 bits per heavy atom. The van der Waals surface area contributed by atoms with Gasteiger partial charge in [0, 0.05) is 26.7 Å². The molecule has 1 aliphatic rings. The summed E-state index contributed by atoms with van der Waals surface area (Å²) < 4.78 is 5.29. The van der Waals surface area contributed by atoms with Gasteiger partial charge in [0.05, 0.1) is 12.5 Å². The Hall–Kier alpha value is -1.14. The second-order valence-corrected chi connectivity index (χ2v) is 4.19. The van der Waals surface area contributed by atoms with Crippen LogP contribution in [0.5, 0.6) is 0 Å². The van der Waals surface area contributed by atoms with Crippen LogP contribution in [0.2, 0.25) is 0 Å². The van der Waals surface area contributed by atoms with Gasteiger partial charge in [0.1, 0.15) is 6.04 Å². The molecule has 0 saturated carbocycles. The minimum Gasteiger partial charge on any atom is -0.377 e. The molecule has 0 spiro atoms. The van der Waals surface area contributed by atoms with Gasteiger partial charge in [-0.1, -0.05) is 0 Å². The van der Waals surface area contributed by atoms with Crippen LogP contribution >= 0.6 is 0 Å². The fraction of sp³-hybridized carbons (Fsp3) is 0.818. The Kier molecular flexibility index (Phi) is 5.37. The molecule has 0 aromatic heterocycles. The van der Waals surface area contributed by atoms with Crippen LogP contribution in [-0.2, 0) is 14.3 Å². The van der Waals surface area contributed by atoms with Crippen molar-refractivity contribution in [2.45, 2.75) is 31.9 Å². The van der Waals surface area contributed by atoms with Gasteiger partial charge in [-0.05, 0) is 13.3 Å². The predicted molar refractivity (Wildman–Crippen MR) is 63.3 cm³/mol. The molecule has 6 heteroatoms. The van der Waals surface area contributed by atoms with Crippen molar-refractivity contribution < 1.29 is 14.3 Å². The number of rotatable bonds is 6. The molecule has 0 aliphatic carbocycles. The van der Waals surface area contributed by atoms with Crippen LogP contribution in [-0.4, -0.2) is 55.6 Å². The molecule has 6 nitrogen and oxygen atoms in total. The summed E-state index contributed by atoms with van der Waals surface area (Å²) in [6.07, 6.45) is 0.607. The molecule has 3 N–H and O–H groups in total. The molecule has 2 amide bonds. The zero-order valence-electron chi connectivity index (χ0n) is 10.4. The van der Waals surface area contributed by atoms with Crippen LogP contribution < -0.4 is 11.1 Å². The van der Waals surface area contributed by atoms with Gasteiger partial charge in [-0.15, -0.1) is 0 Å². The lowest BCUT2D eigenvalue weighted by molar-refractivity contribution is -0.132. The first-order chi connectivity index (χ1) is 8.08. The summed E-state index contributed by atoms with van der Waals surface area (Å²) >= 11 is 0. The molecule has 1 rings (SSSR count). The van der Waals surface area contributed by atoms with E-state index in [0.717, 1.165) is 0 Å². The van der Waals surface area contributed by atoms with Crippen LogP contribution in [0.3, 0.4) is 0 Å². The maximum Gasteiger partial charge on any atom is 0.244 e. The molecule has 0 aromatic carbocycles.